The number of rotatable bonds is 2. The van der Waals surface area contributed by atoms with Crippen LogP contribution in [0.25, 0.3) is 0 Å². The smallest absolute Gasteiger partial charge is 0.206 e. The van der Waals surface area contributed by atoms with E-state index in [-0.39, 0.29) is 12.6 Å². The van der Waals surface area contributed by atoms with Crippen LogP contribution in [0, 0.1) is 0 Å². The molecule has 0 aliphatic rings. The van der Waals surface area contributed by atoms with Gasteiger partial charge in [0.1, 0.15) is 0 Å². The molecule has 0 saturated carbocycles. The van der Waals surface area contributed by atoms with Gasteiger partial charge in [-0.25, -0.2) is 4.68 Å². The van der Waals surface area contributed by atoms with E-state index in [1.807, 2.05) is 0 Å². The van der Waals surface area contributed by atoms with Crippen molar-refractivity contribution in [2.45, 2.75) is 18.1 Å². The Morgan fingerprint density at radius 3 is 2.90 bits per heavy atom. The Bertz CT molecular complexity index is 213. The van der Waals surface area contributed by atoms with E-state index in [4.69, 9.17) is 5.11 Å². The van der Waals surface area contributed by atoms with Gasteiger partial charge in [0.2, 0.25) is 5.16 Å². The number of nitrogens with zero attached hydrogens (tertiary/aromatic N) is 4. The fourth-order valence-electron chi connectivity index (χ4n) is 0.552. The number of aromatic nitrogens is 4. The van der Waals surface area contributed by atoms with Crippen LogP contribution >= 0.6 is 12.6 Å². The molecule has 0 unspecified atom stereocenters. The molecule has 5 nitrogen and oxygen atoms in total. The van der Waals surface area contributed by atoms with Gasteiger partial charge in [-0.05, 0) is 17.4 Å². The van der Waals surface area contributed by atoms with Crippen molar-refractivity contribution in [2.24, 2.45) is 0 Å². The summed E-state index contributed by atoms with van der Waals surface area (Å²) in [4.78, 5) is 0. The molecular formula is C4H8N4OS. The lowest BCUT2D eigenvalue weighted by atomic mass is 10.4. The monoisotopic (exact) mass is 160 g/mol. The molecule has 1 atom stereocenters. The second-order valence-corrected chi connectivity index (χ2v) is 2.36. The van der Waals surface area contributed by atoms with E-state index < -0.39 is 0 Å². The van der Waals surface area contributed by atoms with E-state index in [1.54, 1.807) is 6.92 Å². The predicted molar refractivity (Wildman–Crippen MR) is 36.9 cm³/mol. The maximum absolute atomic E-state index is 8.68. The van der Waals surface area contributed by atoms with E-state index in [0.717, 1.165) is 0 Å². The van der Waals surface area contributed by atoms with Gasteiger partial charge in [-0.1, -0.05) is 0 Å². The molecule has 0 aliphatic carbocycles. The van der Waals surface area contributed by atoms with Crippen molar-refractivity contribution < 1.29 is 5.11 Å². The maximum atomic E-state index is 8.68. The minimum Gasteiger partial charge on any atom is -0.394 e. The summed E-state index contributed by atoms with van der Waals surface area (Å²) in [6.45, 7) is 1.81. The van der Waals surface area contributed by atoms with Gasteiger partial charge in [0.05, 0.1) is 12.6 Å². The summed E-state index contributed by atoms with van der Waals surface area (Å²) in [6.07, 6.45) is 0. The second-order valence-electron chi connectivity index (χ2n) is 1.96. The first-order valence-electron chi connectivity index (χ1n) is 2.83. The summed E-state index contributed by atoms with van der Waals surface area (Å²) in [5.41, 5.74) is 0. The highest BCUT2D eigenvalue weighted by Crippen LogP contribution is 2.06. The Hall–Kier alpha value is -0.620. The van der Waals surface area contributed by atoms with Gasteiger partial charge in [-0.15, -0.1) is 17.7 Å². The second kappa shape index (κ2) is 2.98. The maximum Gasteiger partial charge on any atom is 0.206 e. The van der Waals surface area contributed by atoms with Gasteiger partial charge in [-0.2, -0.15) is 0 Å². The van der Waals surface area contributed by atoms with Gasteiger partial charge in [0.15, 0.2) is 0 Å². The Morgan fingerprint density at radius 1 is 1.80 bits per heavy atom. The van der Waals surface area contributed by atoms with Gasteiger partial charge in [0.25, 0.3) is 0 Å². The van der Waals surface area contributed by atoms with E-state index >= 15 is 0 Å². The third-order valence-electron chi connectivity index (χ3n) is 1.16. The van der Waals surface area contributed by atoms with Crippen LogP contribution in [0.15, 0.2) is 5.16 Å². The van der Waals surface area contributed by atoms with Crippen LogP contribution in [0.3, 0.4) is 0 Å². The summed E-state index contributed by atoms with van der Waals surface area (Å²) >= 11 is 3.96. The molecule has 56 valence electrons. The molecule has 10 heavy (non-hydrogen) atoms. The van der Waals surface area contributed by atoms with Crippen molar-refractivity contribution in [1.29, 1.82) is 0 Å². The van der Waals surface area contributed by atoms with E-state index in [9.17, 15) is 0 Å². The van der Waals surface area contributed by atoms with E-state index in [2.05, 4.69) is 28.2 Å². The topological polar surface area (TPSA) is 63.8 Å². The summed E-state index contributed by atoms with van der Waals surface area (Å²) < 4.78 is 1.45. The van der Waals surface area contributed by atoms with Crippen molar-refractivity contribution in [1.82, 2.24) is 20.2 Å². The SMILES string of the molecule is C[C@H](CO)n1nnnc1S. The number of aliphatic hydroxyl groups excluding tert-OH is 1. The van der Waals surface area contributed by atoms with Crippen LogP contribution in [0.1, 0.15) is 13.0 Å². The first-order valence-corrected chi connectivity index (χ1v) is 3.28. The molecule has 0 fully saturated rings. The number of aliphatic hydroxyl groups is 1. The molecule has 1 rings (SSSR count). The first kappa shape index (κ1) is 7.49. The summed E-state index contributed by atoms with van der Waals surface area (Å²) in [5.74, 6) is 0. The molecular weight excluding hydrogens is 152 g/mol. The van der Waals surface area contributed by atoms with Gasteiger partial charge in [0, 0.05) is 0 Å². The van der Waals surface area contributed by atoms with E-state index in [0.29, 0.717) is 5.16 Å². The van der Waals surface area contributed by atoms with Crippen LogP contribution < -0.4 is 0 Å². The average molecular weight is 160 g/mol. The zero-order valence-corrected chi connectivity index (χ0v) is 6.36. The Kier molecular flexibility index (Phi) is 2.23. The number of thiol groups is 1. The quantitative estimate of drug-likeness (QED) is 0.573. The van der Waals surface area contributed by atoms with E-state index in [1.165, 1.54) is 4.68 Å². The van der Waals surface area contributed by atoms with Crippen LogP contribution in [0.4, 0.5) is 0 Å². The molecule has 0 amide bonds. The number of hydrogen-bond acceptors (Lipinski definition) is 5. The normalized spacial score (nSPS) is 13.5. The minimum absolute atomic E-state index is 0.0125. The lowest BCUT2D eigenvalue weighted by Gasteiger charge is -2.05. The Balaban J connectivity index is 2.82. The first-order chi connectivity index (χ1) is 4.75. The molecule has 1 heterocycles. The number of tetrazole rings is 1. The largest absolute Gasteiger partial charge is 0.394 e. The minimum atomic E-state index is -0.109. The Morgan fingerprint density at radius 2 is 2.50 bits per heavy atom. The van der Waals surface area contributed by atoms with Crippen molar-refractivity contribution in [2.75, 3.05) is 6.61 Å². The van der Waals surface area contributed by atoms with Gasteiger partial charge < -0.3 is 5.11 Å². The molecule has 0 saturated heterocycles. The lowest BCUT2D eigenvalue weighted by molar-refractivity contribution is 0.221. The lowest BCUT2D eigenvalue weighted by Crippen LogP contribution is -2.11. The third kappa shape index (κ3) is 1.27. The molecule has 0 aliphatic heterocycles. The van der Waals surface area contributed by atoms with Crippen LogP contribution in [0.2, 0.25) is 0 Å². The van der Waals surface area contributed by atoms with Crippen molar-refractivity contribution >= 4 is 12.6 Å². The van der Waals surface area contributed by atoms with Gasteiger partial charge in [-0.3, -0.25) is 0 Å². The highest BCUT2D eigenvalue weighted by Gasteiger charge is 2.07. The molecule has 6 heteroatoms. The zero-order chi connectivity index (χ0) is 7.56. The molecule has 1 aromatic heterocycles. The van der Waals surface area contributed by atoms with Crippen molar-refractivity contribution in [3.05, 3.63) is 0 Å². The van der Waals surface area contributed by atoms with Crippen LogP contribution in [0.5, 0.6) is 0 Å². The molecule has 1 N–H and O–H groups in total. The van der Waals surface area contributed by atoms with Crippen LogP contribution in [-0.2, 0) is 0 Å². The van der Waals surface area contributed by atoms with Crippen molar-refractivity contribution in [3.63, 3.8) is 0 Å². The fourth-order valence-corrected chi connectivity index (χ4v) is 0.829. The predicted octanol–water partition coefficient (Wildman–Crippen LogP) is -0.485. The fraction of sp³-hybridized carbons (Fsp3) is 0.750. The summed E-state index contributed by atoms with van der Waals surface area (Å²) in [7, 11) is 0. The molecule has 0 bridgehead atoms. The molecule has 0 radical (unpaired) electrons. The number of hydrogen-bond donors (Lipinski definition) is 2. The molecule has 0 aromatic carbocycles. The third-order valence-corrected chi connectivity index (χ3v) is 1.45. The summed E-state index contributed by atoms with van der Waals surface area (Å²) in [6, 6.07) is -0.109. The van der Waals surface area contributed by atoms with Gasteiger partial charge >= 0.3 is 0 Å². The van der Waals surface area contributed by atoms with Crippen molar-refractivity contribution in [3.8, 4) is 0 Å². The van der Waals surface area contributed by atoms with Crippen LogP contribution in [-0.4, -0.2) is 31.9 Å². The average Bonchev–Trinajstić information content (AvgIpc) is 2.34. The highest BCUT2D eigenvalue weighted by atomic mass is 32.1. The zero-order valence-electron chi connectivity index (χ0n) is 5.47. The summed E-state index contributed by atoms with van der Waals surface area (Å²) in [5, 5.41) is 19.6. The standard InChI is InChI=1S/C4H8N4OS/c1-3(2-9)8-4(10)5-6-7-8/h3,9H,2H2,1H3,(H,5,7,10)/t3-/m1/s1. The Labute approximate surface area is 63.5 Å². The molecule has 1 aromatic rings. The highest BCUT2D eigenvalue weighted by molar-refractivity contribution is 7.80. The molecule has 0 spiro atoms.